The SMILES string of the molecule is C=CCN1CCC(Cc2nc3cccnc3n2Cc2ccc(F)cc2)CC1.Cl.Cl. The Morgan fingerprint density at radius 2 is 1.83 bits per heavy atom. The molecule has 0 radical (unpaired) electrons. The van der Waals surface area contributed by atoms with Crippen LogP contribution in [0.4, 0.5) is 4.39 Å². The van der Waals surface area contributed by atoms with E-state index in [-0.39, 0.29) is 30.6 Å². The maximum atomic E-state index is 13.3. The second-order valence-electron chi connectivity index (χ2n) is 7.32. The third-order valence-electron chi connectivity index (χ3n) is 5.40. The third-order valence-corrected chi connectivity index (χ3v) is 5.40. The lowest BCUT2D eigenvalue weighted by atomic mass is 9.93. The zero-order valence-corrected chi connectivity index (χ0v) is 18.0. The number of imidazole rings is 1. The Morgan fingerprint density at radius 1 is 1.10 bits per heavy atom. The van der Waals surface area contributed by atoms with Crippen LogP contribution in [0.1, 0.15) is 24.2 Å². The van der Waals surface area contributed by atoms with Gasteiger partial charge in [-0.15, -0.1) is 31.4 Å². The summed E-state index contributed by atoms with van der Waals surface area (Å²) in [5.41, 5.74) is 2.89. The molecular weight excluding hydrogens is 410 g/mol. The van der Waals surface area contributed by atoms with Crippen LogP contribution in [-0.4, -0.2) is 39.1 Å². The normalized spacial score (nSPS) is 14.9. The maximum absolute atomic E-state index is 13.3. The smallest absolute Gasteiger partial charge is 0.160 e. The van der Waals surface area contributed by atoms with Crippen molar-refractivity contribution in [2.75, 3.05) is 19.6 Å². The number of pyridine rings is 1. The summed E-state index contributed by atoms with van der Waals surface area (Å²) < 4.78 is 15.4. The number of hydrogen-bond acceptors (Lipinski definition) is 3. The highest BCUT2D eigenvalue weighted by molar-refractivity contribution is 5.85. The number of likely N-dealkylation sites (tertiary alicyclic amines) is 1. The van der Waals surface area contributed by atoms with Crippen LogP contribution in [0, 0.1) is 11.7 Å². The summed E-state index contributed by atoms with van der Waals surface area (Å²) in [7, 11) is 0. The number of nitrogens with zero attached hydrogens (tertiary/aromatic N) is 4. The second-order valence-corrected chi connectivity index (χ2v) is 7.32. The minimum absolute atomic E-state index is 0. The molecule has 1 aliphatic rings. The van der Waals surface area contributed by atoms with E-state index in [4.69, 9.17) is 4.98 Å². The molecule has 0 N–H and O–H groups in total. The molecule has 1 aliphatic heterocycles. The van der Waals surface area contributed by atoms with Crippen molar-refractivity contribution in [3.8, 4) is 0 Å². The summed E-state index contributed by atoms with van der Waals surface area (Å²) in [5, 5.41) is 0. The van der Waals surface area contributed by atoms with Crippen molar-refractivity contribution in [1.82, 2.24) is 19.4 Å². The lowest BCUT2D eigenvalue weighted by Crippen LogP contribution is -2.34. The molecule has 0 aliphatic carbocycles. The molecule has 4 rings (SSSR count). The van der Waals surface area contributed by atoms with Gasteiger partial charge < -0.3 is 4.57 Å². The molecule has 0 spiro atoms. The molecule has 1 fully saturated rings. The van der Waals surface area contributed by atoms with E-state index in [2.05, 4.69) is 21.0 Å². The van der Waals surface area contributed by atoms with Crippen LogP contribution in [0.25, 0.3) is 11.2 Å². The van der Waals surface area contributed by atoms with Crippen LogP contribution >= 0.6 is 24.8 Å². The van der Waals surface area contributed by atoms with Crippen molar-refractivity contribution in [2.45, 2.75) is 25.8 Å². The summed E-state index contributed by atoms with van der Waals surface area (Å²) in [6, 6.07) is 10.6. The second kappa shape index (κ2) is 10.7. The van der Waals surface area contributed by atoms with Gasteiger partial charge in [0.25, 0.3) is 0 Å². The number of halogens is 3. The Bertz CT molecular complexity index is 918. The molecule has 0 bridgehead atoms. The van der Waals surface area contributed by atoms with E-state index in [9.17, 15) is 4.39 Å². The minimum Gasteiger partial charge on any atom is -0.308 e. The number of fused-ring (bicyclic) bond motifs is 1. The van der Waals surface area contributed by atoms with Crippen molar-refractivity contribution in [3.63, 3.8) is 0 Å². The molecular formula is C22H27Cl2FN4. The van der Waals surface area contributed by atoms with Gasteiger partial charge in [0.15, 0.2) is 5.65 Å². The predicted octanol–water partition coefficient (Wildman–Crippen LogP) is 4.90. The van der Waals surface area contributed by atoms with Gasteiger partial charge in [0.05, 0.1) is 6.54 Å². The maximum Gasteiger partial charge on any atom is 0.160 e. The average Bonchev–Trinajstić information content (AvgIpc) is 3.02. The Kier molecular flexibility index (Phi) is 8.62. The molecule has 1 aromatic carbocycles. The van der Waals surface area contributed by atoms with E-state index in [1.165, 1.54) is 25.0 Å². The van der Waals surface area contributed by atoms with Crippen LogP contribution in [0.2, 0.25) is 0 Å². The van der Waals surface area contributed by atoms with Crippen LogP contribution < -0.4 is 0 Å². The van der Waals surface area contributed by atoms with E-state index < -0.39 is 0 Å². The molecule has 3 aromatic rings. The van der Waals surface area contributed by atoms with Gasteiger partial charge in [-0.2, -0.15) is 0 Å². The summed E-state index contributed by atoms with van der Waals surface area (Å²) in [4.78, 5) is 11.9. The first kappa shape index (κ1) is 23.3. The first-order valence-corrected chi connectivity index (χ1v) is 9.61. The van der Waals surface area contributed by atoms with Gasteiger partial charge in [0, 0.05) is 19.2 Å². The van der Waals surface area contributed by atoms with E-state index in [1.807, 2.05) is 36.5 Å². The topological polar surface area (TPSA) is 34.0 Å². The minimum atomic E-state index is -0.209. The van der Waals surface area contributed by atoms with E-state index >= 15 is 0 Å². The summed E-state index contributed by atoms with van der Waals surface area (Å²) in [6.07, 6.45) is 7.11. The summed E-state index contributed by atoms with van der Waals surface area (Å²) in [5.74, 6) is 1.50. The molecule has 29 heavy (non-hydrogen) atoms. The third kappa shape index (κ3) is 5.56. The standard InChI is InChI=1S/C22H25FN4.2ClH/c1-2-12-26-13-9-17(10-14-26)15-21-25-20-4-3-11-24-22(20)27(21)16-18-5-7-19(23)8-6-18;;/h2-8,11,17H,1,9-10,12-16H2;2*1H. The van der Waals surface area contributed by atoms with Crippen LogP contribution in [0.5, 0.6) is 0 Å². The highest BCUT2D eigenvalue weighted by atomic mass is 35.5. The Hall–Kier alpha value is -1.95. The van der Waals surface area contributed by atoms with Crippen molar-refractivity contribution >= 4 is 36.0 Å². The number of rotatable bonds is 6. The highest BCUT2D eigenvalue weighted by Crippen LogP contribution is 2.24. The molecule has 3 heterocycles. The lowest BCUT2D eigenvalue weighted by molar-refractivity contribution is 0.198. The quantitative estimate of drug-likeness (QED) is 0.515. The van der Waals surface area contributed by atoms with Gasteiger partial charge in [-0.1, -0.05) is 18.2 Å². The van der Waals surface area contributed by atoms with Gasteiger partial charge in [-0.3, -0.25) is 4.90 Å². The lowest BCUT2D eigenvalue weighted by Gasteiger charge is -2.31. The molecule has 0 saturated carbocycles. The van der Waals surface area contributed by atoms with Gasteiger partial charge in [-0.25, -0.2) is 14.4 Å². The van der Waals surface area contributed by atoms with Crippen molar-refractivity contribution in [2.24, 2.45) is 5.92 Å². The Balaban J connectivity index is 0.00000150. The molecule has 0 atom stereocenters. The van der Waals surface area contributed by atoms with Crippen LogP contribution in [-0.2, 0) is 13.0 Å². The molecule has 2 aromatic heterocycles. The van der Waals surface area contributed by atoms with Gasteiger partial charge >= 0.3 is 0 Å². The molecule has 0 unspecified atom stereocenters. The molecule has 1 saturated heterocycles. The van der Waals surface area contributed by atoms with E-state index in [0.717, 1.165) is 48.6 Å². The number of benzene rings is 1. The van der Waals surface area contributed by atoms with Crippen molar-refractivity contribution in [3.05, 3.63) is 72.5 Å². The molecule has 0 amide bonds. The monoisotopic (exact) mass is 436 g/mol. The number of hydrogen-bond donors (Lipinski definition) is 0. The summed E-state index contributed by atoms with van der Waals surface area (Å²) in [6.45, 7) is 7.71. The number of piperidine rings is 1. The highest BCUT2D eigenvalue weighted by Gasteiger charge is 2.22. The molecule has 156 valence electrons. The fourth-order valence-electron chi connectivity index (χ4n) is 3.91. The predicted molar refractivity (Wildman–Crippen MR) is 121 cm³/mol. The van der Waals surface area contributed by atoms with Crippen molar-refractivity contribution in [1.29, 1.82) is 0 Å². The van der Waals surface area contributed by atoms with Crippen LogP contribution in [0.15, 0.2) is 55.3 Å². The fraction of sp³-hybridized carbons (Fsp3) is 0.364. The largest absolute Gasteiger partial charge is 0.308 e. The van der Waals surface area contributed by atoms with Gasteiger partial charge in [0.2, 0.25) is 0 Å². The fourth-order valence-corrected chi connectivity index (χ4v) is 3.91. The van der Waals surface area contributed by atoms with Crippen LogP contribution in [0.3, 0.4) is 0 Å². The molecule has 7 heteroatoms. The first-order valence-electron chi connectivity index (χ1n) is 9.61. The van der Waals surface area contributed by atoms with Crippen molar-refractivity contribution < 1.29 is 4.39 Å². The van der Waals surface area contributed by atoms with Gasteiger partial charge in [-0.05, 0) is 61.7 Å². The summed E-state index contributed by atoms with van der Waals surface area (Å²) >= 11 is 0. The number of aromatic nitrogens is 3. The Morgan fingerprint density at radius 3 is 2.52 bits per heavy atom. The Labute approximate surface area is 183 Å². The zero-order valence-electron chi connectivity index (χ0n) is 16.3. The molecule has 4 nitrogen and oxygen atoms in total. The zero-order chi connectivity index (χ0) is 18.6. The first-order chi connectivity index (χ1) is 13.2. The van der Waals surface area contributed by atoms with Gasteiger partial charge in [0.1, 0.15) is 17.2 Å². The van der Waals surface area contributed by atoms with E-state index in [1.54, 1.807) is 0 Å². The average molecular weight is 437 g/mol. The van der Waals surface area contributed by atoms with E-state index in [0.29, 0.717) is 12.5 Å².